The molecule has 0 aliphatic carbocycles. The number of aromatic nitrogens is 6. The summed E-state index contributed by atoms with van der Waals surface area (Å²) >= 11 is 0. The Morgan fingerprint density at radius 3 is 3.00 bits per heavy atom. The molecule has 0 amide bonds. The van der Waals surface area contributed by atoms with Gasteiger partial charge in [0.25, 0.3) is 0 Å². The molecule has 0 spiro atoms. The van der Waals surface area contributed by atoms with Crippen molar-refractivity contribution in [2.45, 2.75) is 6.61 Å². The first-order valence-electron chi connectivity index (χ1n) is 3.67. The number of ether oxygens (including phenoxy) is 1. The maximum Gasteiger partial charge on any atom is 0.312 e. The number of aryl methyl sites for hydroxylation is 1. The number of nitrogens with zero attached hydrogens (tertiary/aromatic N) is 5. The maximum atomic E-state index is 5.22. The molecule has 0 unspecified atom stereocenters. The third-order valence-electron chi connectivity index (χ3n) is 1.54. The van der Waals surface area contributed by atoms with E-state index in [0.29, 0.717) is 12.6 Å². The predicted molar refractivity (Wildman–Crippen MR) is 41.7 cm³/mol. The van der Waals surface area contributed by atoms with Gasteiger partial charge in [-0.3, -0.25) is 4.68 Å². The number of rotatable bonds is 3. The van der Waals surface area contributed by atoms with Crippen molar-refractivity contribution in [3.05, 3.63) is 18.5 Å². The molecule has 68 valence electrons. The van der Waals surface area contributed by atoms with Gasteiger partial charge in [-0.2, -0.15) is 15.2 Å². The zero-order chi connectivity index (χ0) is 9.10. The Balaban J connectivity index is 1.97. The van der Waals surface area contributed by atoms with Crippen molar-refractivity contribution in [1.82, 2.24) is 29.9 Å². The first-order chi connectivity index (χ1) is 6.36. The zero-order valence-electron chi connectivity index (χ0n) is 7.01. The van der Waals surface area contributed by atoms with Crippen molar-refractivity contribution in [3.63, 3.8) is 0 Å². The van der Waals surface area contributed by atoms with Gasteiger partial charge in [-0.05, 0) is 0 Å². The van der Waals surface area contributed by atoms with Gasteiger partial charge in [0.2, 0.25) is 0 Å². The molecular formula is C6H8N6O. The van der Waals surface area contributed by atoms with Crippen molar-refractivity contribution < 1.29 is 4.74 Å². The summed E-state index contributed by atoms with van der Waals surface area (Å²) in [4.78, 5) is 7.78. The highest BCUT2D eigenvalue weighted by atomic mass is 16.5. The van der Waals surface area contributed by atoms with Gasteiger partial charge in [0, 0.05) is 7.05 Å². The van der Waals surface area contributed by atoms with Gasteiger partial charge in [-0.25, -0.2) is 10.1 Å². The summed E-state index contributed by atoms with van der Waals surface area (Å²) in [5, 5.41) is 10.1. The van der Waals surface area contributed by atoms with Crippen LogP contribution in [-0.2, 0) is 13.7 Å². The molecule has 0 aromatic carbocycles. The minimum atomic E-state index is 0.325. The average molecular weight is 180 g/mol. The summed E-state index contributed by atoms with van der Waals surface area (Å²) in [6.45, 7) is 0.325. The van der Waals surface area contributed by atoms with Gasteiger partial charge in [-0.1, -0.05) is 0 Å². The second-order valence-corrected chi connectivity index (χ2v) is 2.38. The van der Waals surface area contributed by atoms with E-state index in [-0.39, 0.29) is 0 Å². The van der Waals surface area contributed by atoms with E-state index in [1.165, 1.54) is 12.7 Å². The second-order valence-electron chi connectivity index (χ2n) is 2.38. The maximum absolute atomic E-state index is 5.22. The minimum absolute atomic E-state index is 0.325. The molecule has 0 bridgehead atoms. The number of H-pyrrole nitrogens is 1. The molecular weight excluding hydrogens is 172 g/mol. The summed E-state index contributed by atoms with van der Waals surface area (Å²) in [5.41, 5.74) is 0. The molecule has 2 heterocycles. The van der Waals surface area contributed by atoms with E-state index >= 15 is 0 Å². The SMILES string of the molecule is Cn1ncnc1COc1ncn[nH]1. The van der Waals surface area contributed by atoms with E-state index < -0.39 is 0 Å². The van der Waals surface area contributed by atoms with Crippen molar-refractivity contribution in [1.29, 1.82) is 0 Å². The fraction of sp³-hybridized carbons (Fsp3) is 0.333. The van der Waals surface area contributed by atoms with Crippen LogP contribution in [0.15, 0.2) is 12.7 Å². The second kappa shape index (κ2) is 3.21. The third-order valence-corrected chi connectivity index (χ3v) is 1.54. The van der Waals surface area contributed by atoms with Crippen LogP contribution in [0.25, 0.3) is 0 Å². The van der Waals surface area contributed by atoms with Crippen LogP contribution in [0, 0.1) is 0 Å². The van der Waals surface area contributed by atoms with Crippen LogP contribution in [0.1, 0.15) is 5.82 Å². The standard InChI is InChI=1S/C6H8N6O/c1-12-5(7-4-10-12)2-13-6-8-3-9-11-6/h3-4H,2H2,1H3,(H,8,9,11). The summed E-state index contributed by atoms with van der Waals surface area (Å²) < 4.78 is 6.85. The first-order valence-corrected chi connectivity index (χ1v) is 3.67. The van der Waals surface area contributed by atoms with E-state index in [1.54, 1.807) is 11.7 Å². The van der Waals surface area contributed by atoms with Crippen LogP contribution < -0.4 is 4.74 Å². The lowest BCUT2D eigenvalue weighted by atomic mass is 10.6. The van der Waals surface area contributed by atoms with Crippen LogP contribution in [0.2, 0.25) is 0 Å². The van der Waals surface area contributed by atoms with E-state index in [0.717, 1.165) is 5.82 Å². The molecule has 2 aromatic heterocycles. The fourth-order valence-electron chi connectivity index (χ4n) is 0.848. The largest absolute Gasteiger partial charge is 0.456 e. The Bertz CT molecular complexity index is 366. The Morgan fingerprint density at radius 1 is 1.46 bits per heavy atom. The van der Waals surface area contributed by atoms with E-state index in [4.69, 9.17) is 4.74 Å². The molecule has 7 nitrogen and oxygen atoms in total. The molecule has 0 saturated heterocycles. The normalized spacial score (nSPS) is 10.2. The van der Waals surface area contributed by atoms with Crippen molar-refractivity contribution in [3.8, 4) is 6.01 Å². The molecule has 0 saturated carbocycles. The van der Waals surface area contributed by atoms with Gasteiger partial charge in [0.15, 0.2) is 12.4 Å². The lowest BCUT2D eigenvalue weighted by Crippen LogP contribution is -2.05. The zero-order valence-corrected chi connectivity index (χ0v) is 7.01. The van der Waals surface area contributed by atoms with Crippen molar-refractivity contribution >= 4 is 0 Å². The smallest absolute Gasteiger partial charge is 0.312 e. The van der Waals surface area contributed by atoms with Crippen LogP contribution in [0.4, 0.5) is 0 Å². The number of hydrogen-bond acceptors (Lipinski definition) is 5. The number of hydrogen-bond donors (Lipinski definition) is 1. The fourth-order valence-corrected chi connectivity index (χ4v) is 0.848. The molecule has 1 N–H and O–H groups in total. The monoisotopic (exact) mass is 180 g/mol. The van der Waals surface area contributed by atoms with Gasteiger partial charge in [-0.15, -0.1) is 0 Å². The first kappa shape index (κ1) is 7.71. The van der Waals surface area contributed by atoms with Crippen LogP contribution in [0.3, 0.4) is 0 Å². The van der Waals surface area contributed by atoms with Gasteiger partial charge in [0.1, 0.15) is 12.7 Å². The summed E-state index contributed by atoms with van der Waals surface area (Å²) in [6, 6.07) is 0.378. The average Bonchev–Trinajstić information content (AvgIpc) is 2.72. The van der Waals surface area contributed by atoms with Crippen LogP contribution in [0.5, 0.6) is 6.01 Å². The molecule has 0 aliphatic rings. The quantitative estimate of drug-likeness (QED) is 0.689. The van der Waals surface area contributed by atoms with Gasteiger partial charge in [0.05, 0.1) is 0 Å². The molecule has 0 radical (unpaired) electrons. The third kappa shape index (κ3) is 1.63. The van der Waals surface area contributed by atoms with Crippen LogP contribution in [-0.4, -0.2) is 29.9 Å². The minimum Gasteiger partial charge on any atom is -0.456 e. The summed E-state index contributed by atoms with van der Waals surface area (Å²) in [7, 11) is 1.80. The Hall–Kier alpha value is -1.92. The Labute approximate surface area is 73.8 Å². The molecule has 2 rings (SSSR count). The summed E-state index contributed by atoms with van der Waals surface area (Å²) in [6.07, 6.45) is 2.85. The Morgan fingerprint density at radius 2 is 2.38 bits per heavy atom. The highest BCUT2D eigenvalue weighted by Crippen LogP contribution is 2.00. The van der Waals surface area contributed by atoms with E-state index in [9.17, 15) is 0 Å². The number of aromatic amines is 1. The van der Waals surface area contributed by atoms with Gasteiger partial charge >= 0.3 is 6.01 Å². The highest BCUT2D eigenvalue weighted by molar-refractivity contribution is 4.88. The van der Waals surface area contributed by atoms with E-state index in [1.807, 2.05) is 0 Å². The predicted octanol–water partition coefficient (Wildman–Crippen LogP) is -0.488. The molecule has 13 heavy (non-hydrogen) atoms. The summed E-state index contributed by atoms with van der Waals surface area (Å²) in [5.74, 6) is 0.733. The highest BCUT2D eigenvalue weighted by Gasteiger charge is 2.02. The van der Waals surface area contributed by atoms with Crippen molar-refractivity contribution in [2.24, 2.45) is 7.05 Å². The molecule has 0 fully saturated rings. The lowest BCUT2D eigenvalue weighted by Gasteiger charge is -1.99. The van der Waals surface area contributed by atoms with E-state index in [2.05, 4.69) is 25.3 Å². The van der Waals surface area contributed by atoms with Crippen LogP contribution >= 0.6 is 0 Å². The van der Waals surface area contributed by atoms with Crippen molar-refractivity contribution in [2.75, 3.05) is 0 Å². The topological polar surface area (TPSA) is 81.5 Å². The lowest BCUT2D eigenvalue weighted by molar-refractivity contribution is 0.267. The molecule has 0 aliphatic heterocycles. The molecule has 2 aromatic rings. The molecule has 0 atom stereocenters. The number of nitrogens with one attached hydrogen (secondary N) is 1. The molecule has 7 heteroatoms. The Kier molecular flexibility index (Phi) is 1.91. The van der Waals surface area contributed by atoms with Gasteiger partial charge < -0.3 is 4.74 Å².